The van der Waals surface area contributed by atoms with Crippen LogP contribution in [0.2, 0.25) is 0 Å². The van der Waals surface area contributed by atoms with Gasteiger partial charge in [-0.15, -0.1) is 11.3 Å². The minimum atomic E-state index is -0.505. The Kier molecular flexibility index (Phi) is 7.56. The molecule has 1 fully saturated rings. The Bertz CT molecular complexity index is 788. The van der Waals surface area contributed by atoms with Gasteiger partial charge >= 0.3 is 0 Å². The SMILES string of the molecule is CCC(CC)COc1ccc([C@H](CO)NC(=O)[C@H]2C[C@@H]2c2cccs2)c(OC)c1. The summed E-state index contributed by atoms with van der Waals surface area (Å²) in [4.78, 5) is 13.9. The quantitative estimate of drug-likeness (QED) is 0.564. The van der Waals surface area contributed by atoms with Crippen LogP contribution in [-0.4, -0.2) is 31.3 Å². The van der Waals surface area contributed by atoms with Crippen LogP contribution >= 0.6 is 11.3 Å². The zero-order chi connectivity index (χ0) is 20.8. The lowest BCUT2D eigenvalue weighted by molar-refractivity contribution is -0.123. The lowest BCUT2D eigenvalue weighted by atomic mass is 10.0. The van der Waals surface area contributed by atoms with E-state index in [1.165, 1.54) is 4.88 Å². The van der Waals surface area contributed by atoms with Crippen LogP contribution in [0.15, 0.2) is 35.7 Å². The Morgan fingerprint density at radius 3 is 2.72 bits per heavy atom. The molecule has 2 N–H and O–H groups in total. The molecule has 0 saturated heterocycles. The van der Waals surface area contributed by atoms with E-state index in [0.717, 1.165) is 30.6 Å². The van der Waals surface area contributed by atoms with Crippen molar-refractivity contribution in [1.29, 1.82) is 0 Å². The fourth-order valence-corrected chi connectivity index (χ4v) is 4.52. The molecule has 2 aromatic rings. The van der Waals surface area contributed by atoms with Crippen molar-refractivity contribution in [3.05, 3.63) is 46.2 Å². The van der Waals surface area contributed by atoms with E-state index in [1.54, 1.807) is 18.4 Å². The number of carbonyl (C=O) groups excluding carboxylic acids is 1. The van der Waals surface area contributed by atoms with Crippen LogP contribution in [0.3, 0.4) is 0 Å². The summed E-state index contributed by atoms with van der Waals surface area (Å²) in [6, 6.07) is 9.16. The van der Waals surface area contributed by atoms with Crippen LogP contribution in [0, 0.1) is 11.8 Å². The van der Waals surface area contributed by atoms with Gasteiger partial charge in [-0.1, -0.05) is 32.8 Å². The molecule has 1 aromatic heterocycles. The molecule has 6 heteroatoms. The highest BCUT2D eigenvalue weighted by Gasteiger charge is 2.45. The second kappa shape index (κ2) is 10.1. The number of amides is 1. The number of ether oxygens (including phenoxy) is 2. The molecular formula is C23H31NO4S. The third kappa shape index (κ3) is 5.31. The Balaban J connectivity index is 1.64. The number of thiophene rings is 1. The number of hydrogen-bond donors (Lipinski definition) is 2. The van der Waals surface area contributed by atoms with E-state index in [1.807, 2.05) is 29.6 Å². The first kappa shape index (κ1) is 21.7. The number of aliphatic hydroxyl groups is 1. The van der Waals surface area contributed by atoms with Crippen molar-refractivity contribution in [3.63, 3.8) is 0 Å². The van der Waals surface area contributed by atoms with Crippen LogP contribution in [0.1, 0.15) is 55.5 Å². The maximum absolute atomic E-state index is 12.7. The van der Waals surface area contributed by atoms with Crippen LogP contribution in [0.4, 0.5) is 0 Å². The monoisotopic (exact) mass is 417 g/mol. The normalized spacial score (nSPS) is 19.1. The van der Waals surface area contributed by atoms with Gasteiger partial charge in [0.15, 0.2) is 0 Å². The highest BCUT2D eigenvalue weighted by molar-refractivity contribution is 7.10. The summed E-state index contributed by atoms with van der Waals surface area (Å²) in [5.41, 5.74) is 0.756. The molecule has 0 bridgehead atoms. The Morgan fingerprint density at radius 1 is 1.31 bits per heavy atom. The Morgan fingerprint density at radius 2 is 2.10 bits per heavy atom. The van der Waals surface area contributed by atoms with Crippen LogP contribution in [0.25, 0.3) is 0 Å². The molecule has 29 heavy (non-hydrogen) atoms. The van der Waals surface area contributed by atoms with Gasteiger partial charge in [0.1, 0.15) is 11.5 Å². The van der Waals surface area contributed by atoms with Crippen molar-refractivity contribution in [2.75, 3.05) is 20.3 Å². The summed E-state index contributed by atoms with van der Waals surface area (Å²) in [6.07, 6.45) is 3.03. The van der Waals surface area contributed by atoms with Gasteiger partial charge in [0.05, 0.1) is 26.4 Å². The van der Waals surface area contributed by atoms with E-state index in [-0.39, 0.29) is 18.4 Å². The zero-order valence-electron chi connectivity index (χ0n) is 17.4. The van der Waals surface area contributed by atoms with E-state index >= 15 is 0 Å². The predicted octanol–water partition coefficient (Wildman–Crippen LogP) is 4.53. The van der Waals surface area contributed by atoms with Gasteiger partial charge in [0.25, 0.3) is 0 Å². The Hall–Kier alpha value is -2.05. The summed E-state index contributed by atoms with van der Waals surface area (Å²) in [6.45, 7) is 4.81. The third-order valence-electron chi connectivity index (χ3n) is 5.76. The molecule has 1 aromatic carbocycles. The van der Waals surface area contributed by atoms with Gasteiger partial charge in [-0.05, 0) is 35.9 Å². The molecule has 0 radical (unpaired) electrons. The van der Waals surface area contributed by atoms with Gasteiger partial charge < -0.3 is 19.9 Å². The molecule has 1 aliphatic carbocycles. The maximum atomic E-state index is 12.7. The first-order valence-electron chi connectivity index (χ1n) is 10.4. The lowest BCUT2D eigenvalue weighted by Gasteiger charge is -2.21. The van der Waals surface area contributed by atoms with Crippen molar-refractivity contribution in [2.45, 2.75) is 45.1 Å². The number of nitrogens with one attached hydrogen (secondary N) is 1. The molecule has 0 unspecified atom stereocenters. The fraction of sp³-hybridized carbons (Fsp3) is 0.522. The first-order chi connectivity index (χ1) is 14.1. The van der Waals surface area contributed by atoms with Crippen molar-refractivity contribution < 1.29 is 19.4 Å². The second-order valence-corrected chi connectivity index (χ2v) is 8.58. The van der Waals surface area contributed by atoms with Gasteiger partial charge in [0, 0.05) is 28.3 Å². The number of rotatable bonds is 11. The summed E-state index contributed by atoms with van der Waals surface area (Å²) in [5, 5.41) is 14.9. The highest BCUT2D eigenvalue weighted by Crippen LogP contribution is 2.49. The van der Waals surface area contributed by atoms with E-state index in [2.05, 4.69) is 25.2 Å². The smallest absolute Gasteiger partial charge is 0.224 e. The zero-order valence-corrected chi connectivity index (χ0v) is 18.2. The minimum absolute atomic E-state index is 0.0152. The topological polar surface area (TPSA) is 67.8 Å². The van der Waals surface area contributed by atoms with Crippen molar-refractivity contribution >= 4 is 17.2 Å². The maximum Gasteiger partial charge on any atom is 0.224 e. The van der Waals surface area contributed by atoms with E-state index < -0.39 is 6.04 Å². The van der Waals surface area contributed by atoms with Gasteiger partial charge in [-0.2, -0.15) is 0 Å². The summed E-state index contributed by atoms with van der Waals surface area (Å²) in [7, 11) is 1.59. The number of methoxy groups -OCH3 is 1. The molecule has 1 amide bonds. The van der Waals surface area contributed by atoms with Crippen LogP contribution in [0.5, 0.6) is 11.5 Å². The molecule has 0 aliphatic heterocycles. The van der Waals surface area contributed by atoms with E-state index in [4.69, 9.17) is 9.47 Å². The molecule has 1 aliphatic rings. The number of aliphatic hydroxyl groups excluding tert-OH is 1. The molecule has 1 heterocycles. The third-order valence-corrected chi connectivity index (χ3v) is 6.76. The summed E-state index contributed by atoms with van der Waals surface area (Å²) >= 11 is 1.69. The largest absolute Gasteiger partial charge is 0.496 e. The molecule has 3 atom stereocenters. The van der Waals surface area contributed by atoms with Crippen LogP contribution in [-0.2, 0) is 4.79 Å². The van der Waals surface area contributed by atoms with E-state index in [9.17, 15) is 9.90 Å². The van der Waals surface area contributed by atoms with Crippen LogP contribution < -0.4 is 14.8 Å². The van der Waals surface area contributed by atoms with Crippen molar-refractivity contribution in [1.82, 2.24) is 5.32 Å². The predicted molar refractivity (Wildman–Crippen MR) is 116 cm³/mol. The molecule has 0 spiro atoms. The van der Waals surface area contributed by atoms with Crippen molar-refractivity contribution in [3.8, 4) is 11.5 Å². The van der Waals surface area contributed by atoms with Gasteiger partial charge in [0.2, 0.25) is 5.91 Å². The minimum Gasteiger partial charge on any atom is -0.496 e. The summed E-state index contributed by atoms with van der Waals surface area (Å²) < 4.78 is 11.4. The molecule has 158 valence electrons. The number of carbonyl (C=O) groups is 1. The lowest BCUT2D eigenvalue weighted by Crippen LogP contribution is -2.32. The first-order valence-corrected chi connectivity index (χ1v) is 11.2. The molecule has 5 nitrogen and oxygen atoms in total. The standard InChI is InChI=1S/C23H31NO4S/c1-4-15(5-2)14-28-16-8-9-17(21(11-16)27-3)20(13-25)24-23(26)19-12-18(19)22-7-6-10-29-22/h6-11,15,18-20,25H,4-5,12-14H2,1-3H3,(H,24,26)/t18-,19-,20-/m0/s1. The number of hydrogen-bond acceptors (Lipinski definition) is 5. The Labute approximate surface area is 177 Å². The molecular weight excluding hydrogens is 386 g/mol. The molecule has 1 saturated carbocycles. The van der Waals surface area contributed by atoms with Crippen molar-refractivity contribution in [2.24, 2.45) is 11.8 Å². The highest BCUT2D eigenvalue weighted by atomic mass is 32.1. The van der Waals surface area contributed by atoms with Gasteiger partial charge in [-0.3, -0.25) is 4.79 Å². The average Bonchev–Trinajstić information content (AvgIpc) is 3.37. The number of benzene rings is 1. The molecule has 3 rings (SSSR count). The summed E-state index contributed by atoms with van der Waals surface area (Å²) in [5.74, 6) is 2.14. The fourth-order valence-electron chi connectivity index (χ4n) is 3.61. The van der Waals surface area contributed by atoms with Gasteiger partial charge in [-0.25, -0.2) is 0 Å². The van der Waals surface area contributed by atoms with E-state index in [0.29, 0.717) is 24.2 Å². The second-order valence-electron chi connectivity index (χ2n) is 7.61. The average molecular weight is 418 g/mol.